The van der Waals surface area contributed by atoms with Crippen LogP contribution in [0.15, 0.2) is 18.2 Å². The molecule has 1 aliphatic carbocycles. The SMILES string of the molecule is Nc1ccc2c(c1)N(CCC(=O)NC1CC1)CCC2. The molecule has 0 spiro atoms. The molecule has 1 aromatic carbocycles. The van der Waals surface area contributed by atoms with Gasteiger partial charge in [0.1, 0.15) is 0 Å². The van der Waals surface area contributed by atoms with Crippen LogP contribution in [0.2, 0.25) is 0 Å². The van der Waals surface area contributed by atoms with E-state index in [0.29, 0.717) is 12.5 Å². The highest BCUT2D eigenvalue weighted by Crippen LogP contribution is 2.29. The molecule has 0 atom stereocenters. The van der Waals surface area contributed by atoms with Crippen LogP contribution in [0.25, 0.3) is 0 Å². The van der Waals surface area contributed by atoms with E-state index in [2.05, 4.69) is 16.3 Å². The summed E-state index contributed by atoms with van der Waals surface area (Å²) in [6, 6.07) is 6.56. The molecule has 1 saturated carbocycles. The van der Waals surface area contributed by atoms with E-state index in [0.717, 1.165) is 44.5 Å². The lowest BCUT2D eigenvalue weighted by Crippen LogP contribution is -2.34. The van der Waals surface area contributed by atoms with Crippen LogP contribution in [0.4, 0.5) is 11.4 Å². The van der Waals surface area contributed by atoms with E-state index in [1.54, 1.807) is 0 Å². The Morgan fingerprint density at radius 2 is 2.26 bits per heavy atom. The van der Waals surface area contributed by atoms with Crippen molar-refractivity contribution in [1.82, 2.24) is 5.32 Å². The lowest BCUT2D eigenvalue weighted by atomic mass is 10.0. The van der Waals surface area contributed by atoms with Crippen molar-refractivity contribution < 1.29 is 4.79 Å². The number of amides is 1. The molecule has 0 aromatic heterocycles. The summed E-state index contributed by atoms with van der Waals surface area (Å²) in [6.45, 7) is 1.81. The Bertz CT molecular complexity index is 482. The molecule has 0 bridgehead atoms. The molecule has 0 radical (unpaired) electrons. The molecule has 1 aromatic rings. The molecular weight excluding hydrogens is 238 g/mol. The molecule has 1 aliphatic heterocycles. The van der Waals surface area contributed by atoms with Gasteiger partial charge in [-0.3, -0.25) is 4.79 Å². The van der Waals surface area contributed by atoms with Crippen molar-refractivity contribution in [2.45, 2.75) is 38.1 Å². The second-order valence-electron chi connectivity index (χ2n) is 5.57. The molecular formula is C15H21N3O. The van der Waals surface area contributed by atoms with E-state index in [1.165, 1.54) is 11.3 Å². The molecule has 3 rings (SSSR count). The number of carbonyl (C=O) groups excluding carboxylic acids is 1. The van der Waals surface area contributed by atoms with E-state index in [1.807, 2.05) is 12.1 Å². The van der Waals surface area contributed by atoms with Crippen LogP contribution in [0.3, 0.4) is 0 Å². The van der Waals surface area contributed by atoms with Crippen molar-refractivity contribution in [3.05, 3.63) is 23.8 Å². The first-order chi connectivity index (χ1) is 9.22. The second kappa shape index (κ2) is 5.11. The van der Waals surface area contributed by atoms with Crippen LogP contribution in [0.1, 0.15) is 31.2 Å². The Hall–Kier alpha value is -1.71. The first kappa shape index (κ1) is 12.3. The molecule has 102 valence electrons. The van der Waals surface area contributed by atoms with Crippen LogP contribution in [0, 0.1) is 0 Å². The zero-order chi connectivity index (χ0) is 13.2. The molecule has 1 amide bonds. The van der Waals surface area contributed by atoms with Crippen LogP contribution in [0.5, 0.6) is 0 Å². The number of nitrogen functional groups attached to an aromatic ring is 1. The maximum atomic E-state index is 11.8. The standard InChI is InChI=1S/C15H21N3O/c16-12-4-3-11-2-1-8-18(14(11)10-12)9-7-15(19)17-13-5-6-13/h3-4,10,13H,1-2,5-9,16H2,(H,17,19). The van der Waals surface area contributed by atoms with E-state index in [4.69, 9.17) is 5.73 Å². The predicted octanol–water partition coefficient (Wildman–Crippen LogP) is 1.69. The average Bonchev–Trinajstić information content (AvgIpc) is 3.20. The largest absolute Gasteiger partial charge is 0.399 e. The quantitative estimate of drug-likeness (QED) is 0.809. The minimum atomic E-state index is 0.179. The van der Waals surface area contributed by atoms with E-state index in [9.17, 15) is 4.79 Å². The van der Waals surface area contributed by atoms with Gasteiger partial charge in [-0.05, 0) is 43.4 Å². The Morgan fingerprint density at radius 1 is 1.42 bits per heavy atom. The topological polar surface area (TPSA) is 58.4 Å². The van der Waals surface area contributed by atoms with Gasteiger partial charge in [0.15, 0.2) is 0 Å². The molecule has 0 unspecified atom stereocenters. The molecule has 4 nitrogen and oxygen atoms in total. The highest BCUT2D eigenvalue weighted by Gasteiger charge is 2.24. The fourth-order valence-corrected chi connectivity index (χ4v) is 2.66. The monoisotopic (exact) mass is 259 g/mol. The van der Waals surface area contributed by atoms with Gasteiger partial charge in [-0.15, -0.1) is 0 Å². The van der Waals surface area contributed by atoms with Gasteiger partial charge in [-0.1, -0.05) is 6.07 Å². The number of fused-ring (bicyclic) bond motifs is 1. The molecule has 1 heterocycles. The summed E-state index contributed by atoms with van der Waals surface area (Å²) >= 11 is 0. The average molecular weight is 259 g/mol. The Morgan fingerprint density at radius 3 is 3.05 bits per heavy atom. The van der Waals surface area contributed by atoms with Gasteiger partial charge < -0.3 is 16.0 Å². The number of benzene rings is 1. The molecule has 3 N–H and O–H groups in total. The summed E-state index contributed by atoms with van der Waals surface area (Å²) in [5, 5.41) is 3.04. The summed E-state index contributed by atoms with van der Waals surface area (Å²) in [6.07, 6.45) is 5.13. The normalized spacial score (nSPS) is 18.0. The van der Waals surface area contributed by atoms with Gasteiger partial charge >= 0.3 is 0 Å². The zero-order valence-electron chi connectivity index (χ0n) is 11.2. The van der Waals surface area contributed by atoms with Gasteiger partial charge in [0.25, 0.3) is 0 Å². The van der Waals surface area contributed by atoms with Gasteiger partial charge in [0.2, 0.25) is 5.91 Å². The number of nitrogens with two attached hydrogens (primary N) is 1. The molecule has 2 aliphatic rings. The van der Waals surface area contributed by atoms with Gasteiger partial charge in [0, 0.05) is 36.9 Å². The summed E-state index contributed by atoms with van der Waals surface area (Å²) in [5.74, 6) is 0.179. The minimum absolute atomic E-state index is 0.179. The molecule has 4 heteroatoms. The highest BCUT2D eigenvalue weighted by atomic mass is 16.1. The minimum Gasteiger partial charge on any atom is -0.399 e. The van der Waals surface area contributed by atoms with Gasteiger partial charge in [-0.25, -0.2) is 0 Å². The smallest absolute Gasteiger partial charge is 0.221 e. The number of nitrogens with one attached hydrogen (secondary N) is 1. The zero-order valence-corrected chi connectivity index (χ0v) is 11.2. The number of carbonyl (C=O) groups is 1. The molecule has 19 heavy (non-hydrogen) atoms. The third kappa shape index (κ3) is 3.00. The van der Waals surface area contributed by atoms with Crippen molar-refractivity contribution in [3.63, 3.8) is 0 Å². The lowest BCUT2D eigenvalue weighted by Gasteiger charge is -2.31. The highest BCUT2D eigenvalue weighted by molar-refractivity contribution is 5.77. The summed E-state index contributed by atoms with van der Waals surface area (Å²) < 4.78 is 0. The fraction of sp³-hybridized carbons (Fsp3) is 0.533. The number of aryl methyl sites for hydroxylation is 1. The van der Waals surface area contributed by atoms with E-state index in [-0.39, 0.29) is 5.91 Å². The molecule has 0 saturated heterocycles. The maximum absolute atomic E-state index is 11.8. The van der Waals surface area contributed by atoms with Crippen LogP contribution >= 0.6 is 0 Å². The third-order valence-electron chi connectivity index (χ3n) is 3.88. The predicted molar refractivity (Wildman–Crippen MR) is 77.2 cm³/mol. The fourth-order valence-electron chi connectivity index (χ4n) is 2.66. The lowest BCUT2D eigenvalue weighted by molar-refractivity contribution is -0.121. The van der Waals surface area contributed by atoms with Gasteiger partial charge in [-0.2, -0.15) is 0 Å². The van der Waals surface area contributed by atoms with E-state index >= 15 is 0 Å². The van der Waals surface area contributed by atoms with Crippen molar-refractivity contribution in [3.8, 4) is 0 Å². The summed E-state index contributed by atoms with van der Waals surface area (Å²) in [7, 11) is 0. The van der Waals surface area contributed by atoms with Crippen LogP contribution in [-0.4, -0.2) is 25.0 Å². The number of rotatable bonds is 4. The summed E-state index contributed by atoms with van der Waals surface area (Å²) in [4.78, 5) is 14.0. The van der Waals surface area contributed by atoms with E-state index < -0.39 is 0 Å². The van der Waals surface area contributed by atoms with Gasteiger partial charge in [0.05, 0.1) is 0 Å². The second-order valence-corrected chi connectivity index (χ2v) is 5.57. The first-order valence-corrected chi connectivity index (χ1v) is 7.15. The maximum Gasteiger partial charge on any atom is 0.221 e. The number of hydrogen-bond donors (Lipinski definition) is 2. The third-order valence-corrected chi connectivity index (χ3v) is 3.88. The van der Waals surface area contributed by atoms with Crippen molar-refractivity contribution in [2.75, 3.05) is 23.7 Å². The number of nitrogens with zero attached hydrogens (tertiary/aromatic N) is 1. The van der Waals surface area contributed by atoms with Crippen molar-refractivity contribution >= 4 is 17.3 Å². The first-order valence-electron chi connectivity index (χ1n) is 7.15. The van der Waals surface area contributed by atoms with Crippen LogP contribution in [-0.2, 0) is 11.2 Å². The summed E-state index contributed by atoms with van der Waals surface area (Å²) in [5.41, 5.74) is 9.23. The molecule has 1 fully saturated rings. The van der Waals surface area contributed by atoms with Crippen LogP contribution < -0.4 is 16.0 Å². The Labute approximate surface area is 114 Å². The van der Waals surface area contributed by atoms with Crippen molar-refractivity contribution in [2.24, 2.45) is 0 Å². The Balaban J connectivity index is 1.62. The van der Waals surface area contributed by atoms with Crippen molar-refractivity contribution in [1.29, 1.82) is 0 Å². The number of hydrogen-bond acceptors (Lipinski definition) is 3. The number of anilines is 2. The Kier molecular flexibility index (Phi) is 3.32.